The first-order valence-electron chi connectivity index (χ1n) is 15.0. The Labute approximate surface area is 272 Å². The van der Waals surface area contributed by atoms with E-state index in [1.807, 2.05) is 13.0 Å². The Morgan fingerprint density at radius 3 is 1.89 bits per heavy atom. The molecule has 0 radical (unpaired) electrons. The number of benzene rings is 1. The van der Waals surface area contributed by atoms with Crippen LogP contribution in [-0.2, 0) is 20.9 Å². The van der Waals surface area contributed by atoms with Crippen LogP contribution in [0.4, 0.5) is 4.79 Å². The summed E-state index contributed by atoms with van der Waals surface area (Å²) >= 11 is 2.14. The summed E-state index contributed by atoms with van der Waals surface area (Å²) in [5.41, 5.74) is 12.1. The zero-order valence-corrected chi connectivity index (χ0v) is 27.5. The number of halogens is 1. The number of amides is 5. The van der Waals surface area contributed by atoms with Crippen molar-refractivity contribution >= 4 is 58.3 Å². The first kappa shape index (κ1) is 38.4. The van der Waals surface area contributed by atoms with E-state index in [-0.39, 0.29) is 36.5 Å². The molecule has 0 aromatic heterocycles. The normalized spacial score (nSPS) is 11.1. The number of carboxylic acid groups (broad SMARTS) is 1. The van der Waals surface area contributed by atoms with Gasteiger partial charge in [0.1, 0.15) is 6.04 Å². The maximum atomic E-state index is 12.5. The molecule has 0 unspecified atom stereocenters. The fraction of sp³-hybridized carbons (Fsp3) is 0.586. The van der Waals surface area contributed by atoms with Gasteiger partial charge in [-0.25, -0.2) is 14.6 Å². The van der Waals surface area contributed by atoms with Crippen molar-refractivity contribution in [2.24, 2.45) is 16.5 Å². The molecule has 5 amide bonds. The lowest BCUT2D eigenvalue weighted by atomic mass is 10.1. The van der Waals surface area contributed by atoms with Crippen molar-refractivity contribution in [3.63, 3.8) is 0 Å². The van der Waals surface area contributed by atoms with Gasteiger partial charge in [0.2, 0.25) is 11.8 Å². The van der Waals surface area contributed by atoms with E-state index in [0.29, 0.717) is 57.5 Å². The van der Waals surface area contributed by atoms with Crippen LogP contribution in [-0.4, -0.2) is 73.0 Å². The van der Waals surface area contributed by atoms with Gasteiger partial charge < -0.3 is 43.2 Å². The minimum Gasteiger partial charge on any atom is -0.480 e. The number of urea groups is 1. The van der Waals surface area contributed by atoms with Gasteiger partial charge in [0.15, 0.2) is 5.96 Å². The number of carbonyl (C=O) groups excluding carboxylic acids is 4. The monoisotopic (exact) mass is 734 g/mol. The largest absolute Gasteiger partial charge is 0.480 e. The van der Waals surface area contributed by atoms with Crippen LogP contribution in [0.2, 0.25) is 0 Å². The number of nitrogens with zero attached hydrogens (tertiary/aromatic N) is 1. The summed E-state index contributed by atoms with van der Waals surface area (Å²) in [6, 6.07) is 4.07. The summed E-state index contributed by atoms with van der Waals surface area (Å²) in [5, 5.41) is 22.6. The zero-order valence-electron chi connectivity index (χ0n) is 25.4. The van der Waals surface area contributed by atoms with Crippen LogP contribution in [0.15, 0.2) is 23.2 Å². The molecule has 0 saturated carbocycles. The SMILES string of the molecule is CCC[C@H](NC(=O)NCCCCCNC(=O)CCC(=O)NCCCCCNC(=O)c1cc([131I])cc(CN=C(N)N)c1)C(=O)O. The Kier molecular flexibility index (Phi) is 19.9. The number of unbranched alkanes of at least 4 members (excludes halogenated alkanes) is 4. The Hall–Kier alpha value is -3.63. The van der Waals surface area contributed by atoms with Gasteiger partial charge in [0.25, 0.3) is 5.91 Å². The second kappa shape index (κ2) is 22.8. The predicted molar refractivity (Wildman–Crippen MR) is 177 cm³/mol. The molecule has 0 aliphatic rings. The average molecular weight is 735 g/mol. The van der Waals surface area contributed by atoms with Crippen molar-refractivity contribution in [1.82, 2.24) is 26.6 Å². The lowest BCUT2D eigenvalue weighted by Gasteiger charge is -2.14. The minimum atomic E-state index is -1.05. The molecule has 0 heterocycles. The van der Waals surface area contributed by atoms with Gasteiger partial charge in [0.05, 0.1) is 6.54 Å². The van der Waals surface area contributed by atoms with Crippen molar-refractivity contribution in [3.05, 3.63) is 32.9 Å². The Bertz CT molecular complexity index is 1110. The van der Waals surface area contributed by atoms with E-state index in [1.54, 1.807) is 12.1 Å². The number of aliphatic imine (C=N–C) groups is 1. The maximum Gasteiger partial charge on any atom is 0.326 e. The second-order valence-corrected chi connectivity index (χ2v) is 11.5. The highest BCUT2D eigenvalue weighted by Gasteiger charge is 2.18. The number of nitrogens with two attached hydrogens (primary N) is 2. The molecule has 14 nitrogen and oxygen atoms in total. The molecule has 0 aliphatic carbocycles. The summed E-state index contributed by atoms with van der Waals surface area (Å²) in [5.74, 6) is -1.61. The molecular weight excluding hydrogens is 687 g/mol. The van der Waals surface area contributed by atoms with E-state index in [0.717, 1.165) is 41.2 Å². The molecule has 1 aromatic carbocycles. The quantitative estimate of drug-likeness (QED) is 0.0378. The second-order valence-electron chi connectivity index (χ2n) is 10.2. The highest BCUT2D eigenvalue weighted by Crippen LogP contribution is 2.14. The summed E-state index contributed by atoms with van der Waals surface area (Å²) in [6.07, 6.45) is 5.77. The summed E-state index contributed by atoms with van der Waals surface area (Å²) in [4.78, 5) is 63.3. The molecule has 0 fully saturated rings. The average Bonchev–Trinajstić information content (AvgIpc) is 2.97. The fourth-order valence-corrected chi connectivity index (χ4v) is 4.77. The van der Waals surface area contributed by atoms with E-state index < -0.39 is 18.0 Å². The van der Waals surface area contributed by atoms with E-state index in [9.17, 15) is 24.0 Å². The van der Waals surface area contributed by atoms with Crippen LogP contribution >= 0.6 is 22.6 Å². The predicted octanol–water partition coefficient (Wildman–Crippen LogP) is 1.70. The van der Waals surface area contributed by atoms with Gasteiger partial charge in [-0.1, -0.05) is 13.3 Å². The van der Waals surface area contributed by atoms with Crippen molar-refractivity contribution < 1.29 is 29.1 Å². The maximum absolute atomic E-state index is 12.5. The van der Waals surface area contributed by atoms with Crippen molar-refractivity contribution in [1.29, 1.82) is 0 Å². The molecule has 0 bridgehead atoms. The third-order valence-corrected chi connectivity index (χ3v) is 6.97. The number of aliphatic carboxylic acids is 1. The molecule has 15 heteroatoms. The van der Waals surface area contributed by atoms with E-state index >= 15 is 0 Å². The molecule has 1 rings (SSSR count). The minimum absolute atomic E-state index is 0.00591. The topological polar surface area (TPSA) is 230 Å². The summed E-state index contributed by atoms with van der Waals surface area (Å²) in [7, 11) is 0. The molecular formula is C29H47IN8O6. The van der Waals surface area contributed by atoms with Gasteiger partial charge in [-0.2, -0.15) is 0 Å². The van der Waals surface area contributed by atoms with Crippen molar-refractivity contribution in [2.45, 2.75) is 83.7 Å². The first-order valence-corrected chi connectivity index (χ1v) is 16.0. The van der Waals surface area contributed by atoms with Crippen LogP contribution < -0.4 is 38.1 Å². The molecule has 10 N–H and O–H groups in total. The third-order valence-electron chi connectivity index (χ3n) is 6.35. The van der Waals surface area contributed by atoms with E-state index in [2.05, 4.69) is 54.2 Å². The van der Waals surface area contributed by atoms with E-state index in [4.69, 9.17) is 16.6 Å². The van der Waals surface area contributed by atoms with Gasteiger partial charge in [-0.3, -0.25) is 14.4 Å². The number of carbonyl (C=O) groups is 5. The molecule has 1 aromatic rings. The zero-order chi connectivity index (χ0) is 32.7. The third kappa shape index (κ3) is 18.8. The van der Waals surface area contributed by atoms with Crippen molar-refractivity contribution in [2.75, 3.05) is 26.2 Å². The standard InChI is InChI=1S/C29H47IN8O6/c1-2-9-23(27(42)43)38-29(44)36-15-8-4-6-13-34-25(40)11-10-24(39)33-12-5-3-7-14-35-26(41)21-16-20(17-22(30)18-21)19-37-28(31)32/h16-18,23H,2-15,19H2,1H3,(H,33,39)(H,34,40)(H,35,41)(H,42,43)(H4,31,32,37)(H2,36,38,44)/t23-/m0/s1/i30+4. The molecule has 44 heavy (non-hydrogen) atoms. The number of guanidine groups is 1. The highest BCUT2D eigenvalue weighted by atomic mass is 131. The number of hydrogen-bond acceptors (Lipinski definition) is 6. The first-order chi connectivity index (χ1) is 21.0. The number of carboxylic acids is 1. The number of hydrogen-bond donors (Lipinski definition) is 8. The summed E-state index contributed by atoms with van der Waals surface area (Å²) < 4.78 is 0.912. The molecule has 0 aliphatic heterocycles. The molecule has 1 atom stereocenters. The number of nitrogens with one attached hydrogen (secondary N) is 5. The fourth-order valence-electron chi connectivity index (χ4n) is 4.03. The van der Waals surface area contributed by atoms with Gasteiger partial charge in [0, 0.05) is 48.2 Å². The molecule has 246 valence electrons. The van der Waals surface area contributed by atoms with Gasteiger partial charge in [-0.15, -0.1) is 0 Å². The van der Waals surface area contributed by atoms with Crippen LogP contribution in [0.5, 0.6) is 0 Å². The van der Waals surface area contributed by atoms with Gasteiger partial charge >= 0.3 is 12.0 Å². The van der Waals surface area contributed by atoms with Crippen molar-refractivity contribution in [3.8, 4) is 0 Å². The Balaban J connectivity index is 2.05. The number of rotatable bonds is 22. The van der Waals surface area contributed by atoms with Gasteiger partial charge in [-0.05, 0) is 91.3 Å². The van der Waals surface area contributed by atoms with Crippen LogP contribution in [0.3, 0.4) is 0 Å². The van der Waals surface area contributed by atoms with Crippen LogP contribution in [0.1, 0.15) is 87.1 Å². The van der Waals surface area contributed by atoms with Crippen LogP contribution in [0.25, 0.3) is 0 Å². The Morgan fingerprint density at radius 2 is 1.36 bits per heavy atom. The smallest absolute Gasteiger partial charge is 0.326 e. The lowest BCUT2D eigenvalue weighted by molar-refractivity contribution is -0.139. The summed E-state index contributed by atoms with van der Waals surface area (Å²) in [6.45, 7) is 4.05. The molecule has 0 spiro atoms. The van der Waals surface area contributed by atoms with Crippen LogP contribution in [0, 0.1) is 3.57 Å². The highest BCUT2D eigenvalue weighted by molar-refractivity contribution is 14.1. The van der Waals surface area contributed by atoms with E-state index in [1.165, 1.54) is 0 Å². The lowest BCUT2D eigenvalue weighted by Crippen LogP contribution is -2.46. The Morgan fingerprint density at radius 1 is 0.818 bits per heavy atom. The molecule has 0 saturated heterocycles.